The summed E-state index contributed by atoms with van der Waals surface area (Å²) in [4.78, 5) is 21.7. The number of carbonyl (C=O) groups excluding carboxylic acids is 1. The monoisotopic (exact) mass is 264 g/mol. The summed E-state index contributed by atoms with van der Waals surface area (Å²) in [5.41, 5.74) is -0.0402. The van der Waals surface area contributed by atoms with E-state index in [1.165, 1.54) is 0 Å². The number of methoxy groups -OCH3 is 1. The standard InChI is InChI=1S/C11H15O5P.Li/c1-9(12)17(13,14)16-8-7-10-3-5-11(15-2)6-4-10;/h3-6H,7-8H2,1-2H3,(H,13,14);/q;+1/p-1. The predicted molar refractivity (Wildman–Crippen MR) is 60.9 cm³/mol. The second-order valence-electron chi connectivity index (χ2n) is 3.45. The van der Waals surface area contributed by atoms with E-state index in [0.29, 0.717) is 6.42 Å². The van der Waals surface area contributed by atoms with Crippen molar-refractivity contribution in [2.75, 3.05) is 13.7 Å². The number of ether oxygens (including phenoxy) is 1. The molecule has 0 saturated carbocycles. The van der Waals surface area contributed by atoms with Crippen LogP contribution in [0, 0.1) is 0 Å². The molecule has 0 aliphatic rings. The summed E-state index contributed by atoms with van der Waals surface area (Å²) in [6, 6.07) is 7.17. The minimum absolute atomic E-state index is 0. The van der Waals surface area contributed by atoms with Crippen molar-refractivity contribution in [1.29, 1.82) is 0 Å². The van der Waals surface area contributed by atoms with Gasteiger partial charge in [-0.2, -0.15) is 0 Å². The van der Waals surface area contributed by atoms with Gasteiger partial charge in [0.15, 0.2) is 7.60 Å². The Balaban J connectivity index is 0.00000289. The number of carbonyl (C=O) groups is 1. The second-order valence-corrected chi connectivity index (χ2v) is 5.33. The molecule has 94 valence electrons. The molecular formula is C11H14LiO5P. The molecule has 1 unspecified atom stereocenters. The molecule has 0 heterocycles. The molecule has 1 rings (SSSR count). The van der Waals surface area contributed by atoms with Crippen LogP contribution in [0.5, 0.6) is 5.75 Å². The van der Waals surface area contributed by atoms with Crippen molar-refractivity contribution in [1.82, 2.24) is 0 Å². The van der Waals surface area contributed by atoms with Crippen molar-refractivity contribution in [2.24, 2.45) is 0 Å². The van der Waals surface area contributed by atoms with E-state index >= 15 is 0 Å². The fourth-order valence-corrected chi connectivity index (χ4v) is 1.68. The average Bonchev–Trinajstić information content (AvgIpc) is 2.29. The molecule has 1 atom stereocenters. The van der Waals surface area contributed by atoms with Crippen molar-refractivity contribution in [3.8, 4) is 5.75 Å². The zero-order chi connectivity index (χ0) is 12.9. The molecule has 7 heteroatoms. The number of rotatable bonds is 6. The first-order valence-electron chi connectivity index (χ1n) is 5.05. The maximum absolute atomic E-state index is 11.1. The fraction of sp³-hybridized carbons (Fsp3) is 0.364. The van der Waals surface area contributed by atoms with Crippen molar-refractivity contribution >= 4 is 13.1 Å². The normalized spacial score (nSPS) is 13.3. The van der Waals surface area contributed by atoms with Gasteiger partial charge in [0.1, 0.15) is 5.75 Å². The molecule has 1 aromatic rings. The van der Waals surface area contributed by atoms with Crippen LogP contribution in [0.15, 0.2) is 24.3 Å². The zero-order valence-corrected chi connectivity index (χ0v) is 11.6. The first-order chi connectivity index (χ1) is 7.95. The number of hydrogen-bond acceptors (Lipinski definition) is 5. The van der Waals surface area contributed by atoms with Crippen LogP contribution in [-0.4, -0.2) is 19.2 Å². The fourth-order valence-electron chi connectivity index (χ4n) is 1.17. The molecule has 0 aromatic heterocycles. The molecule has 0 saturated heterocycles. The molecule has 5 nitrogen and oxygen atoms in total. The van der Waals surface area contributed by atoms with E-state index in [1.807, 2.05) is 12.1 Å². The molecule has 0 N–H and O–H groups in total. The van der Waals surface area contributed by atoms with Gasteiger partial charge in [-0.3, -0.25) is 4.79 Å². The van der Waals surface area contributed by atoms with Gasteiger partial charge in [0.05, 0.1) is 13.7 Å². The van der Waals surface area contributed by atoms with Gasteiger partial charge in [0.25, 0.3) is 0 Å². The smallest absolute Gasteiger partial charge is 0.773 e. The van der Waals surface area contributed by atoms with Crippen molar-refractivity contribution < 1.29 is 42.4 Å². The van der Waals surface area contributed by atoms with Crippen LogP contribution in [0.1, 0.15) is 12.5 Å². The van der Waals surface area contributed by atoms with E-state index < -0.39 is 13.1 Å². The largest absolute Gasteiger partial charge is 1.00 e. The van der Waals surface area contributed by atoms with E-state index in [0.717, 1.165) is 18.2 Å². The molecular weight excluding hydrogens is 250 g/mol. The van der Waals surface area contributed by atoms with E-state index in [2.05, 4.69) is 4.52 Å². The number of hydrogen-bond donors (Lipinski definition) is 0. The summed E-state index contributed by atoms with van der Waals surface area (Å²) in [6.45, 7) is 0.938. The maximum Gasteiger partial charge on any atom is 1.00 e. The third-order valence-electron chi connectivity index (χ3n) is 2.20. The Hall–Kier alpha value is -0.563. The summed E-state index contributed by atoms with van der Waals surface area (Å²) >= 11 is 0. The van der Waals surface area contributed by atoms with Crippen molar-refractivity contribution in [3.63, 3.8) is 0 Å². The Bertz CT molecular complexity index is 432. The SMILES string of the molecule is COc1ccc(CCOP(=O)([O-])C(C)=O)cc1.[Li+]. The molecule has 0 fully saturated rings. The Labute approximate surface area is 118 Å². The van der Waals surface area contributed by atoms with Crippen molar-refractivity contribution in [2.45, 2.75) is 13.3 Å². The van der Waals surface area contributed by atoms with Crippen LogP contribution in [0.4, 0.5) is 0 Å². The van der Waals surface area contributed by atoms with E-state index in [-0.39, 0.29) is 25.5 Å². The topological polar surface area (TPSA) is 75.7 Å². The Morgan fingerprint density at radius 1 is 1.33 bits per heavy atom. The number of benzene rings is 1. The van der Waals surface area contributed by atoms with Crippen LogP contribution >= 0.6 is 7.60 Å². The quantitative estimate of drug-likeness (QED) is 0.455. The molecule has 0 radical (unpaired) electrons. The van der Waals surface area contributed by atoms with Crippen molar-refractivity contribution in [3.05, 3.63) is 29.8 Å². The van der Waals surface area contributed by atoms with E-state index in [4.69, 9.17) is 4.74 Å². The zero-order valence-electron chi connectivity index (χ0n) is 10.7. The van der Waals surface area contributed by atoms with E-state index in [9.17, 15) is 14.3 Å². The van der Waals surface area contributed by atoms with Gasteiger partial charge >= 0.3 is 18.9 Å². The van der Waals surface area contributed by atoms with Gasteiger partial charge < -0.3 is 18.7 Å². The Kier molecular flexibility index (Phi) is 7.54. The summed E-state index contributed by atoms with van der Waals surface area (Å²) in [5.74, 6) is 0.730. The molecule has 18 heavy (non-hydrogen) atoms. The molecule has 0 amide bonds. The second kappa shape index (κ2) is 7.78. The minimum Gasteiger partial charge on any atom is -0.773 e. The molecule has 0 aliphatic carbocycles. The van der Waals surface area contributed by atoms with Gasteiger partial charge in [-0.1, -0.05) is 12.1 Å². The first-order valence-corrected chi connectivity index (χ1v) is 6.59. The summed E-state index contributed by atoms with van der Waals surface area (Å²) in [5, 5.41) is 0. The van der Waals surface area contributed by atoms with E-state index in [1.54, 1.807) is 19.2 Å². The van der Waals surface area contributed by atoms with Gasteiger partial charge in [-0.25, -0.2) is 0 Å². The van der Waals surface area contributed by atoms with Crippen LogP contribution in [0.3, 0.4) is 0 Å². The summed E-state index contributed by atoms with van der Waals surface area (Å²) < 4.78 is 20.6. The Morgan fingerprint density at radius 2 is 1.89 bits per heavy atom. The molecule has 0 aliphatic heterocycles. The van der Waals surface area contributed by atoms with Gasteiger partial charge in [-0.15, -0.1) is 0 Å². The van der Waals surface area contributed by atoms with Crippen LogP contribution in [0.25, 0.3) is 0 Å². The molecule has 0 spiro atoms. The third kappa shape index (κ3) is 5.39. The van der Waals surface area contributed by atoms with Crippen LogP contribution < -0.4 is 28.5 Å². The molecule has 1 aromatic carbocycles. The Morgan fingerprint density at radius 3 is 2.33 bits per heavy atom. The van der Waals surface area contributed by atoms with Gasteiger partial charge in [0, 0.05) is 6.92 Å². The minimum atomic E-state index is -4.33. The maximum atomic E-state index is 11.1. The first kappa shape index (κ1) is 17.4. The summed E-state index contributed by atoms with van der Waals surface area (Å²) in [6.07, 6.45) is 0.420. The van der Waals surface area contributed by atoms with Gasteiger partial charge in [-0.05, 0) is 24.1 Å². The average molecular weight is 264 g/mol. The van der Waals surface area contributed by atoms with Crippen LogP contribution in [0.2, 0.25) is 0 Å². The van der Waals surface area contributed by atoms with Crippen LogP contribution in [-0.2, 0) is 20.3 Å². The predicted octanol–water partition coefficient (Wildman–Crippen LogP) is -1.64. The molecule has 0 bridgehead atoms. The summed E-state index contributed by atoms with van der Waals surface area (Å²) in [7, 11) is -2.76. The third-order valence-corrected chi connectivity index (χ3v) is 3.49. The van der Waals surface area contributed by atoms with Gasteiger partial charge in [0.2, 0.25) is 5.52 Å².